The number of aromatic nitrogens is 24. The molecule has 0 atom stereocenters. The molecule has 8 N–H and O–H groups in total. The first-order chi connectivity index (χ1) is 61.2. The zero-order valence-corrected chi connectivity index (χ0v) is 72.0. The third-order valence-corrected chi connectivity index (χ3v) is 24.1. The van der Waals surface area contributed by atoms with Crippen molar-refractivity contribution in [2.45, 2.75) is 136 Å². The lowest BCUT2D eigenvalue weighted by Gasteiger charge is -2.34. The Morgan fingerprint density at radius 3 is 1.13 bits per heavy atom. The summed E-state index contributed by atoms with van der Waals surface area (Å²) in [6.45, 7) is 14.6. The molecular formula is C84H83F3N28O7S4. The van der Waals surface area contributed by atoms with E-state index in [4.69, 9.17) is 29.5 Å². The summed E-state index contributed by atoms with van der Waals surface area (Å²) in [6, 6.07) is 22.6. The highest BCUT2D eigenvalue weighted by molar-refractivity contribution is 7.14. The van der Waals surface area contributed by atoms with E-state index >= 15 is 0 Å². The molecule has 16 aromatic rings. The van der Waals surface area contributed by atoms with Crippen molar-refractivity contribution in [3.05, 3.63) is 214 Å². The number of hydrogen-bond donors (Lipinski definition) is 8. The molecule has 3 saturated carbocycles. The molecule has 3 aliphatic carbocycles. The first-order valence-electron chi connectivity index (χ1n) is 40.2. The minimum atomic E-state index is -4.46. The van der Waals surface area contributed by atoms with Crippen LogP contribution in [0.1, 0.15) is 142 Å². The fourth-order valence-corrected chi connectivity index (χ4v) is 17.5. The number of aryl methyl sites for hydroxylation is 4. The maximum atomic E-state index is 13.1. The Labute approximate surface area is 733 Å². The number of halogens is 3. The lowest BCUT2D eigenvalue weighted by atomic mass is 9.89. The Balaban J connectivity index is 0.000000124. The summed E-state index contributed by atoms with van der Waals surface area (Å²) in [7, 11) is 0. The Kier molecular flexibility index (Phi) is 26.3. The van der Waals surface area contributed by atoms with Crippen molar-refractivity contribution in [2.75, 3.05) is 41.1 Å². The van der Waals surface area contributed by atoms with Gasteiger partial charge in [-0.3, -0.25) is 78.2 Å². The van der Waals surface area contributed by atoms with Gasteiger partial charge in [0.05, 0.1) is 123 Å². The fourth-order valence-electron chi connectivity index (χ4n) is 14.1. The molecule has 0 radical (unpaired) electrons. The van der Waals surface area contributed by atoms with E-state index in [-0.39, 0.29) is 71.2 Å². The maximum absolute atomic E-state index is 13.1. The molecule has 0 bridgehead atoms. The van der Waals surface area contributed by atoms with E-state index in [0.717, 1.165) is 109 Å². The number of carbonyl (C=O) groups is 4. The number of H-pyrrole nitrogens is 4. The highest BCUT2D eigenvalue weighted by Gasteiger charge is 2.37. The van der Waals surface area contributed by atoms with Gasteiger partial charge in [0.25, 0.3) is 23.6 Å². The number of alkyl halides is 3. The van der Waals surface area contributed by atoms with Crippen LogP contribution in [0, 0.1) is 27.7 Å². The Hall–Kier alpha value is -13.7. The van der Waals surface area contributed by atoms with Gasteiger partial charge >= 0.3 is 6.18 Å². The summed E-state index contributed by atoms with van der Waals surface area (Å²) in [5, 5.41) is 67.0. The van der Waals surface area contributed by atoms with Gasteiger partial charge in [-0.1, -0.05) is 24.3 Å². The van der Waals surface area contributed by atoms with Crippen molar-refractivity contribution in [3.63, 3.8) is 0 Å². The first kappa shape index (κ1) is 85.9. The topological polar surface area (TPSA) is 433 Å². The van der Waals surface area contributed by atoms with Crippen LogP contribution >= 0.6 is 45.3 Å². The molecule has 0 unspecified atom stereocenters. The summed E-state index contributed by atoms with van der Waals surface area (Å²) in [5.74, 6) is -1.43. The number of amides is 4. The fraction of sp³-hybridized carbons (Fsp3) is 0.286. The summed E-state index contributed by atoms with van der Waals surface area (Å²) in [5.41, 5.74) is 14.7. The molecule has 42 heteroatoms. The summed E-state index contributed by atoms with van der Waals surface area (Å²) in [6.07, 6.45) is 21.8. The minimum Gasteiger partial charge on any atom is -0.378 e. The van der Waals surface area contributed by atoms with E-state index in [1.54, 1.807) is 83.1 Å². The van der Waals surface area contributed by atoms with E-state index in [1.807, 2.05) is 136 Å². The predicted octanol–water partition coefficient (Wildman–Crippen LogP) is 16.2. The second-order valence-corrected chi connectivity index (χ2v) is 32.8. The molecule has 19 rings (SSSR count). The van der Waals surface area contributed by atoms with Gasteiger partial charge < -0.3 is 35.5 Å². The Morgan fingerprint density at radius 1 is 0.444 bits per heavy atom. The third kappa shape index (κ3) is 20.1. The second kappa shape index (κ2) is 38.6. The number of nitrogens with zero attached hydrogens (tertiary/aromatic N) is 20. The minimum absolute atomic E-state index is 0.107. The molecule has 0 aliphatic heterocycles. The molecular weight excluding hydrogens is 1700 g/mol. The summed E-state index contributed by atoms with van der Waals surface area (Å²) >= 11 is 5.49. The second-order valence-electron chi connectivity index (χ2n) is 29.4. The molecule has 4 amide bonds. The van der Waals surface area contributed by atoms with Gasteiger partial charge in [0.15, 0.2) is 0 Å². The van der Waals surface area contributed by atoms with Gasteiger partial charge in [-0.05, 0) is 136 Å². The number of anilines is 4. The molecule has 0 saturated heterocycles. The number of hydrogen-bond acceptors (Lipinski definition) is 27. The SMILES string of the molecule is CCOC1CC(n2cc(NC(=O)c3csc(-c4c(C)n[nH]c4C)n3)c(-c3ccccn3)n2)C1.CCOC1CC(n2cc(NC(=O)c3csc(-c4cn[nH]c4C)n3)c(-c3ccccn3)n2)C1.CCOC1CC(n2cc(NC(=O)c3csc(-c4cn[nH]c4C)n3)c(-c3ccccn3)n2)C1.O=C(Nc1cn(CC(F)(F)F)nc1-c1ccccn1)c1csc(-c2cn[nH]c2)n1. The molecule has 0 aromatic carbocycles. The number of thiazole rings is 4. The van der Waals surface area contributed by atoms with Crippen molar-refractivity contribution in [3.8, 4) is 87.8 Å². The number of carbonyl (C=O) groups excluding carboxylic acids is 4. The molecule has 35 nitrogen and oxygen atoms in total. The molecule has 16 heterocycles. The van der Waals surface area contributed by atoms with Crippen molar-refractivity contribution < 1.29 is 46.6 Å². The van der Waals surface area contributed by atoms with Crippen LogP contribution in [0.25, 0.3) is 87.8 Å². The maximum Gasteiger partial charge on any atom is 0.408 e. The lowest BCUT2D eigenvalue weighted by molar-refractivity contribution is -0.142. The zero-order chi connectivity index (χ0) is 87.5. The predicted molar refractivity (Wildman–Crippen MR) is 468 cm³/mol. The highest BCUT2D eigenvalue weighted by Crippen LogP contribution is 2.42. The Bertz CT molecular complexity index is 6160. The standard InChI is InChI=1S/C23H25N7O2S.2C22H23N7O2S.C17H12F3N7OS/c1-4-32-16-9-15(10-16)30-11-18(21(29-30)17-7-5-6-8-24-17)25-22(31)19-12-33-23(26-19)20-13(2)27-28-14(20)3;2*1-3-31-15-8-14(9-15)29-11-18(20(28-29)17-6-4-5-7-23-17)25-21(30)19-12-32-22(26-19)16-10-24-27-13(16)2;18-17(19,20)9-27-7-12(14(26-27)11-3-1-2-4-21-11)24-15(28)13-8-29-16(25-13)10-5-22-23-6-10/h5-8,11-12,15-16H,4,9-10H2,1-3H3,(H,25,31)(H,27,28);2*4-7,10-12,14-15H,3,8-9H2,1-2H3,(H,24,27)(H,25,30);1-8H,9H2,(H,22,23)(H,24,28). The van der Waals surface area contributed by atoms with Crippen LogP contribution in [-0.2, 0) is 20.8 Å². The van der Waals surface area contributed by atoms with Gasteiger partial charge in [-0.15, -0.1) is 45.3 Å². The summed E-state index contributed by atoms with van der Waals surface area (Å²) < 4.78 is 61.8. The quantitative estimate of drug-likeness (QED) is 0.0250. The van der Waals surface area contributed by atoms with Gasteiger partial charge in [0.2, 0.25) is 0 Å². The number of rotatable bonds is 26. The van der Waals surface area contributed by atoms with Gasteiger partial charge in [0.1, 0.15) is 72.1 Å². The van der Waals surface area contributed by atoms with Crippen LogP contribution in [0.2, 0.25) is 0 Å². The lowest BCUT2D eigenvalue weighted by Crippen LogP contribution is -2.33. The molecule has 16 aromatic heterocycles. The van der Waals surface area contributed by atoms with Gasteiger partial charge in [0, 0.05) is 120 Å². The average molecular weight is 1780 g/mol. The van der Waals surface area contributed by atoms with Crippen molar-refractivity contribution in [1.82, 2.24) is 120 Å². The molecule has 3 fully saturated rings. The van der Waals surface area contributed by atoms with Crippen LogP contribution in [0.3, 0.4) is 0 Å². The highest BCUT2D eigenvalue weighted by atomic mass is 32.1. The average Bonchev–Trinajstić information content (AvgIpc) is 1.65. The van der Waals surface area contributed by atoms with E-state index in [2.05, 4.69) is 107 Å². The van der Waals surface area contributed by atoms with Gasteiger partial charge in [-0.2, -0.15) is 54.0 Å². The molecule has 126 heavy (non-hydrogen) atoms. The van der Waals surface area contributed by atoms with E-state index in [1.165, 1.54) is 51.5 Å². The third-order valence-electron chi connectivity index (χ3n) is 20.6. The van der Waals surface area contributed by atoms with Crippen molar-refractivity contribution in [1.29, 1.82) is 0 Å². The number of nitrogens with one attached hydrogen (secondary N) is 8. The number of aromatic amines is 4. The molecule has 646 valence electrons. The number of ether oxygens (including phenoxy) is 3. The van der Waals surface area contributed by atoms with Crippen molar-refractivity contribution in [2.24, 2.45) is 0 Å². The van der Waals surface area contributed by atoms with Crippen LogP contribution in [0.15, 0.2) is 169 Å². The van der Waals surface area contributed by atoms with Crippen LogP contribution in [0.4, 0.5) is 35.9 Å². The van der Waals surface area contributed by atoms with Crippen molar-refractivity contribution >= 4 is 91.7 Å². The van der Waals surface area contributed by atoms with E-state index in [0.29, 0.717) is 98.8 Å². The monoisotopic (exact) mass is 1780 g/mol. The molecule has 0 spiro atoms. The zero-order valence-electron chi connectivity index (χ0n) is 68.8. The normalized spacial score (nSPS) is 16.3. The van der Waals surface area contributed by atoms with Crippen LogP contribution < -0.4 is 21.3 Å². The number of pyridine rings is 4. The first-order valence-corrected chi connectivity index (χ1v) is 43.7. The smallest absolute Gasteiger partial charge is 0.378 e. The van der Waals surface area contributed by atoms with Gasteiger partial charge in [-0.25, -0.2) is 19.9 Å². The van der Waals surface area contributed by atoms with Crippen LogP contribution in [0.5, 0.6) is 0 Å². The van der Waals surface area contributed by atoms with E-state index < -0.39 is 18.6 Å². The van der Waals surface area contributed by atoms with Crippen LogP contribution in [-0.4, -0.2) is 188 Å². The molecule has 3 aliphatic rings. The largest absolute Gasteiger partial charge is 0.408 e. The summed E-state index contributed by atoms with van der Waals surface area (Å²) in [4.78, 5) is 86.9. The van der Waals surface area contributed by atoms with E-state index in [9.17, 15) is 32.3 Å². The Morgan fingerprint density at radius 2 is 0.802 bits per heavy atom.